The van der Waals surface area contributed by atoms with Gasteiger partial charge in [0.1, 0.15) is 18.4 Å². The third-order valence-corrected chi connectivity index (χ3v) is 7.04. The summed E-state index contributed by atoms with van der Waals surface area (Å²) in [6, 6.07) is 25.4. The first-order valence-electron chi connectivity index (χ1n) is 13.1. The molecule has 11 heteroatoms. The van der Waals surface area contributed by atoms with Crippen LogP contribution in [-0.2, 0) is 17.8 Å². The van der Waals surface area contributed by atoms with Crippen molar-refractivity contribution >= 4 is 50.4 Å². The van der Waals surface area contributed by atoms with E-state index in [1.165, 1.54) is 18.2 Å². The van der Waals surface area contributed by atoms with E-state index < -0.39 is 17.9 Å². The molecule has 5 rings (SSSR count). The molecule has 1 aromatic heterocycles. The molecule has 5 aromatic rings. The lowest BCUT2D eigenvalue weighted by Gasteiger charge is -2.16. The third-order valence-electron chi connectivity index (χ3n) is 6.55. The lowest BCUT2D eigenvalue weighted by Crippen LogP contribution is -2.45. The van der Waals surface area contributed by atoms with Crippen LogP contribution in [0.2, 0.25) is 0 Å². The second-order valence-electron chi connectivity index (χ2n) is 9.54. The molecular weight excluding hydrogens is 602 g/mol. The van der Waals surface area contributed by atoms with Crippen molar-refractivity contribution in [3.05, 3.63) is 107 Å². The number of para-hydroxylation sites is 1. The Balaban J connectivity index is 1.39. The monoisotopic (exact) mass is 629 g/mol. The van der Waals surface area contributed by atoms with Gasteiger partial charge in [-0.3, -0.25) is 9.59 Å². The Morgan fingerprint density at radius 3 is 2.50 bits per heavy atom. The number of primary amides is 1. The number of nitrogens with one attached hydrogen (secondary N) is 2. The fourth-order valence-corrected chi connectivity index (χ4v) is 4.85. The summed E-state index contributed by atoms with van der Waals surface area (Å²) >= 11 is 3.49. The number of ether oxygens (including phenoxy) is 1. The van der Waals surface area contributed by atoms with E-state index in [9.17, 15) is 19.8 Å². The Morgan fingerprint density at radius 2 is 1.76 bits per heavy atom. The van der Waals surface area contributed by atoms with Crippen molar-refractivity contribution in [2.24, 2.45) is 5.73 Å². The van der Waals surface area contributed by atoms with Crippen molar-refractivity contribution in [3.8, 4) is 17.2 Å². The van der Waals surface area contributed by atoms with Crippen LogP contribution in [0.15, 0.2) is 95.5 Å². The van der Waals surface area contributed by atoms with E-state index in [2.05, 4.69) is 26.6 Å². The SMILES string of the molecule is NC(=O)[C@H](Cc1ccc(O)c(O)c1)NC(=O)c1ccc2c(c1)nc(Nc1cccc(Br)c1)n2CCOc1ccccc1. The van der Waals surface area contributed by atoms with Gasteiger partial charge >= 0.3 is 0 Å². The van der Waals surface area contributed by atoms with E-state index in [1.807, 2.05) is 59.2 Å². The zero-order valence-electron chi connectivity index (χ0n) is 22.3. The molecule has 4 aromatic carbocycles. The number of rotatable bonds is 11. The Kier molecular flexibility index (Phi) is 8.58. The highest BCUT2D eigenvalue weighted by Crippen LogP contribution is 2.27. The molecule has 0 aliphatic rings. The van der Waals surface area contributed by atoms with Crippen molar-refractivity contribution in [2.45, 2.75) is 19.0 Å². The van der Waals surface area contributed by atoms with Gasteiger partial charge in [0.25, 0.3) is 5.91 Å². The molecule has 0 saturated carbocycles. The summed E-state index contributed by atoms with van der Waals surface area (Å²) in [5.74, 6) is -0.531. The number of nitrogens with two attached hydrogens (primary N) is 1. The molecule has 0 saturated heterocycles. The van der Waals surface area contributed by atoms with Gasteiger partial charge in [0.15, 0.2) is 11.5 Å². The highest BCUT2D eigenvalue weighted by Gasteiger charge is 2.21. The number of carbonyl (C=O) groups excluding carboxylic acids is 2. The maximum absolute atomic E-state index is 13.2. The van der Waals surface area contributed by atoms with Crippen LogP contribution in [0.25, 0.3) is 11.0 Å². The molecule has 0 radical (unpaired) electrons. The maximum atomic E-state index is 13.2. The number of benzene rings is 4. The van der Waals surface area contributed by atoms with Crippen LogP contribution in [-0.4, -0.2) is 44.2 Å². The van der Waals surface area contributed by atoms with Gasteiger partial charge in [-0.2, -0.15) is 0 Å². The van der Waals surface area contributed by atoms with Crippen molar-refractivity contribution < 1.29 is 24.5 Å². The molecule has 0 unspecified atom stereocenters. The quantitative estimate of drug-likeness (QED) is 0.131. The zero-order chi connectivity index (χ0) is 29.6. The number of hydrogen-bond donors (Lipinski definition) is 5. The van der Waals surface area contributed by atoms with E-state index in [1.54, 1.807) is 18.2 Å². The molecule has 0 fully saturated rings. The van der Waals surface area contributed by atoms with Crippen molar-refractivity contribution in [2.75, 3.05) is 11.9 Å². The molecular formula is C31H28BrN5O5. The highest BCUT2D eigenvalue weighted by atomic mass is 79.9. The van der Waals surface area contributed by atoms with E-state index in [0.717, 1.165) is 21.4 Å². The standard InChI is InChI=1S/C31H28BrN5O5/c32-21-5-4-6-22(18-21)34-31-36-24-17-20(10-11-26(24)37(31)13-14-42-23-7-2-1-3-8-23)30(41)35-25(29(33)40)15-19-9-12-27(38)28(39)16-19/h1-12,16-18,25,38-39H,13-15H2,(H2,33,40)(H,34,36)(H,35,41)/t25-/m0/s1. The van der Waals surface area contributed by atoms with Gasteiger partial charge in [0, 0.05) is 22.1 Å². The average Bonchev–Trinajstić information content (AvgIpc) is 3.31. The smallest absolute Gasteiger partial charge is 0.252 e. The molecule has 10 nitrogen and oxygen atoms in total. The summed E-state index contributed by atoms with van der Waals surface area (Å²) < 4.78 is 8.81. The molecule has 0 spiro atoms. The summed E-state index contributed by atoms with van der Waals surface area (Å²) in [4.78, 5) is 30.1. The number of aromatic nitrogens is 2. The number of anilines is 2. The van der Waals surface area contributed by atoms with Crippen LogP contribution in [0.5, 0.6) is 17.2 Å². The Hall–Kier alpha value is -5.03. The lowest BCUT2D eigenvalue weighted by atomic mass is 10.0. The van der Waals surface area contributed by atoms with Crippen molar-refractivity contribution in [3.63, 3.8) is 0 Å². The molecule has 1 atom stereocenters. The normalized spacial score (nSPS) is 11.6. The fraction of sp³-hybridized carbons (Fsp3) is 0.129. The number of amides is 2. The summed E-state index contributed by atoms with van der Waals surface area (Å²) in [7, 11) is 0. The van der Waals surface area contributed by atoms with E-state index >= 15 is 0 Å². The molecule has 6 N–H and O–H groups in total. The summed E-state index contributed by atoms with van der Waals surface area (Å²) in [5.41, 5.74) is 8.55. The van der Waals surface area contributed by atoms with Crippen LogP contribution in [0.1, 0.15) is 15.9 Å². The lowest BCUT2D eigenvalue weighted by molar-refractivity contribution is -0.119. The second kappa shape index (κ2) is 12.6. The van der Waals surface area contributed by atoms with E-state index in [-0.39, 0.29) is 17.9 Å². The van der Waals surface area contributed by atoms with Gasteiger partial charge in [-0.1, -0.05) is 46.3 Å². The van der Waals surface area contributed by atoms with Gasteiger partial charge in [-0.25, -0.2) is 4.98 Å². The first-order valence-corrected chi connectivity index (χ1v) is 13.9. The minimum absolute atomic E-state index is 0.0356. The van der Waals surface area contributed by atoms with Crippen LogP contribution in [0.4, 0.5) is 11.6 Å². The number of carbonyl (C=O) groups is 2. The highest BCUT2D eigenvalue weighted by molar-refractivity contribution is 9.10. The van der Waals surface area contributed by atoms with Gasteiger partial charge in [0.05, 0.1) is 17.6 Å². The largest absolute Gasteiger partial charge is 0.504 e. The number of phenolic OH excluding ortho intramolecular Hbond substituents is 2. The molecule has 0 bridgehead atoms. The molecule has 0 aliphatic carbocycles. The second-order valence-corrected chi connectivity index (χ2v) is 10.5. The number of imidazole rings is 1. The van der Waals surface area contributed by atoms with E-state index in [0.29, 0.717) is 35.7 Å². The summed E-state index contributed by atoms with van der Waals surface area (Å²) in [6.45, 7) is 0.870. The van der Waals surface area contributed by atoms with Gasteiger partial charge in [-0.05, 0) is 66.2 Å². The maximum Gasteiger partial charge on any atom is 0.252 e. The first-order chi connectivity index (χ1) is 20.3. The minimum Gasteiger partial charge on any atom is -0.504 e. The van der Waals surface area contributed by atoms with Gasteiger partial charge in [0.2, 0.25) is 11.9 Å². The van der Waals surface area contributed by atoms with Crippen LogP contribution in [0.3, 0.4) is 0 Å². The zero-order valence-corrected chi connectivity index (χ0v) is 23.9. The van der Waals surface area contributed by atoms with Crippen molar-refractivity contribution in [1.82, 2.24) is 14.9 Å². The number of phenols is 2. The summed E-state index contributed by atoms with van der Waals surface area (Å²) in [5, 5.41) is 25.3. The predicted molar refractivity (Wildman–Crippen MR) is 163 cm³/mol. The topological polar surface area (TPSA) is 152 Å². The average molecular weight is 630 g/mol. The number of nitrogens with zero attached hydrogens (tertiary/aromatic N) is 2. The van der Waals surface area contributed by atoms with Crippen molar-refractivity contribution in [1.29, 1.82) is 0 Å². The minimum atomic E-state index is -1.04. The fourth-order valence-electron chi connectivity index (χ4n) is 4.46. The van der Waals surface area contributed by atoms with Gasteiger partial charge in [-0.15, -0.1) is 0 Å². The number of halogens is 1. The molecule has 2 amide bonds. The number of aromatic hydroxyl groups is 2. The molecule has 1 heterocycles. The Labute approximate surface area is 249 Å². The molecule has 214 valence electrons. The Bertz CT molecular complexity index is 1740. The van der Waals surface area contributed by atoms with Crippen LogP contribution >= 0.6 is 15.9 Å². The number of fused-ring (bicyclic) bond motifs is 1. The number of hydrogen-bond acceptors (Lipinski definition) is 7. The predicted octanol–water partition coefficient (Wildman–Crippen LogP) is 4.86. The Morgan fingerprint density at radius 1 is 0.952 bits per heavy atom. The van der Waals surface area contributed by atoms with Crippen LogP contribution < -0.4 is 21.1 Å². The molecule has 42 heavy (non-hydrogen) atoms. The van der Waals surface area contributed by atoms with E-state index in [4.69, 9.17) is 15.5 Å². The third kappa shape index (κ3) is 6.81. The molecule has 0 aliphatic heterocycles. The summed E-state index contributed by atoms with van der Waals surface area (Å²) in [6.07, 6.45) is 0.0356. The van der Waals surface area contributed by atoms with Crippen LogP contribution in [0, 0.1) is 0 Å². The first kappa shape index (κ1) is 28.5. The van der Waals surface area contributed by atoms with Gasteiger partial charge < -0.3 is 35.9 Å².